The lowest BCUT2D eigenvalue weighted by Crippen LogP contribution is -2.44. The molecule has 1 amide bonds. The topological polar surface area (TPSA) is 55.8 Å². The number of hydrogen-bond donors (Lipinski definition) is 0. The van der Waals surface area contributed by atoms with E-state index in [4.69, 9.17) is 9.47 Å². The molecule has 5 heteroatoms. The number of fused-ring (bicyclic) bond motifs is 1. The van der Waals surface area contributed by atoms with Crippen molar-refractivity contribution in [1.29, 1.82) is 0 Å². The molecule has 0 spiro atoms. The van der Waals surface area contributed by atoms with Gasteiger partial charge < -0.3 is 14.4 Å². The Morgan fingerprint density at radius 1 is 1.29 bits per heavy atom. The van der Waals surface area contributed by atoms with E-state index < -0.39 is 6.04 Å². The average molecular weight is 289 g/mol. The van der Waals surface area contributed by atoms with Crippen molar-refractivity contribution in [2.75, 3.05) is 20.3 Å². The molecule has 1 fully saturated rings. The number of nitrogens with zero attached hydrogens (tertiary/aromatic N) is 1. The van der Waals surface area contributed by atoms with E-state index in [-0.39, 0.29) is 17.8 Å². The minimum atomic E-state index is -0.433. The Hall–Kier alpha value is -2.04. The summed E-state index contributed by atoms with van der Waals surface area (Å²) >= 11 is 0. The number of amides is 1. The highest BCUT2D eigenvalue weighted by molar-refractivity contribution is 5.89. The average Bonchev–Trinajstić information content (AvgIpc) is 3.02. The normalized spacial score (nSPS) is 24.1. The number of ether oxygens (including phenoxy) is 2. The van der Waals surface area contributed by atoms with Gasteiger partial charge in [-0.2, -0.15) is 0 Å². The maximum atomic E-state index is 12.9. The molecule has 0 saturated carbocycles. The van der Waals surface area contributed by atoms with E-state index >= 15 is 0 Å². The molecule has 0 N–H and O–H groups in total. The fourth-order valence-corrected chi connectivity index (χ4v) is 3.21. The van der Waals surface area contributed by atoms with E-state index in [0.717, 1.165) is 17.7 Å². The lowest BCUT2D eigenvalue weighted by Gasteiger charge is -2.30. The number of carbonyl (C=O) groups is 2. The smallest absolute Gasteiger partial charge is 0.328 e. The first kappa shape index (κ1) is 13.9. The van der Waals surface area contributed by atoms with Crippen LogP contribution in [0.25, 0.3) is 0 Å². The Kier molecular flexibility index (Phi) is 3.82. The summed E-state index contributed by atoms with van der Waals surface area (Å²) in [6, 6.07) is 7.20. The molecule has 2 aliphatic rings. The summed E-state index contributed by atoms with van der Waals surface area (Å²) in [6.07, 6.45) is 2.18. The van der Waals surface area contributed by atoms with E-state index in [2.05, 4.69) is 0 Å². The van der Waals surface area contributed by atoms with E-state index in [9.17, 15) is 9.59 Å². The highest BCUT2D eigenvalue weighted by atomic mass is 16.5. The van der Waals surface area contributed by atoms with Gasteiger partial charge in [0.05, 0.1) is 19.6 Å². The van der Waals surface area contributed by atoms with Crippen molar-refractivity contribution in [3.63, 3.8) is 0 Å². The maximum absolute atomic E-state index is 12.9. The van der Waals surface area contributed by atoms with Crippen molar-refractivity contribution in [2.24, 2.45) is 0 Å². The van der Waals surface area contributed by atoms with Crippen molar-refractivity contribution in [2.45, 2.75) is 31.2 Å². The van der Waals surface area contributed by atoms with E-state index in [1.54, 1.807) is 4.90 Å². The van der Waals surface area contributed by atoms with Gasteiger partial charge in [-0.25, -0.2) is 4.79 Å². The van der Waals surface area contributed by atoms with Crippen molar-refractivity contribution < 1.29 is 19.1 Å². The van der Waals surface area contributed by atoms with Gasteiger partial charge in [0.15, 0.2) is 0 Å². The van der Waals surface area contributed by atoms with Gasteiger partial charge in [0, 0.05) is 12.1 Å². The predicted molar refractivity (Wildman–Crippen MR) is 76.0 cm³/mol. The van der Waals surface area contributed by atoms with Gasteiger partial charge in [-0.1, -0.05) is 18.2 Å². The molecular weight excluding hydrogens is 270 g/mol. The Morgan fingerprint density at radius 3 is 2.90 bits per heavy atom. The van der Waals surface area contributed by atoms with Crippen molar-refractivity contribution in [3.05, 3.63) is 29.8 Å². The van der Waals surface area contributed by atoms with Crippen LogP contribution in [0.1, 0.15) is 30.7 Å². The largest absolute Gasteiger partial charge is 0.493 e. The molecule has 2 aliphatic heterocycles. The minimum absolute atomic E-state index is 0.0126. The number of benzene rings is 1. The molecule has 1 aromatic rings. The molecule has 0 aliphatic carbocycles. The fourth-order valence-electron chi connectivity index (χ4n) is 3.21. The molecule has 1 saturated heterocycles. The van der Waals surface area contributed by atoms with Crippen LogP contribution in [0.5, 0.6) is 5.75 Å². The SMILES string of the molecule is COC(=O)C1CCCN1C(=O)C1CCOc2ccccc21. The molecule has 21 heavy (non-hydrogen) atoms. The van der Waals surface area contributed by atoms with E-state index in [1.807, 2.05) is 24.3 Å². The van der Waals surface area contributed by atoms with Gasteiger partial charge in [0.1, 0.15) is 11.8 Å². The molecule has 2 atom stereocenters. The lowest BCUT2D eigenvalue weighted by molar-refractivity contribution is -0.151. The Bertz CT molecular complexity index is 557. The molecular formula is C16H19NO4. The molecule has 0 radical (unpaired) electrons. The van der Waals surface area contributed by atoms with E-state index in [0.29, 0.717) is 26.0 Å². The first-order valence-corrected chi connectivity index (χ1v) is 7.32. The Balaban J connectivity index is 1.84. The summed E-state index contributed by atoms with van der Waals surface area (Å²) in [7, 11) is 1.37. The maximum Gasteiger partial charge on any atom is 0.328 e. The van der Waals surface area contributed by atoms with Gasteiger partial charge in [0.2, 0.25) is 5.91 Å². The van der Waals surface area contributed by atoms with Gasteiger partial charge in [0.25, 0.3) is 0 Å². The first-order chi connectivity index (χ1) is 10.2. The summed E-state index contributed by atoms with van der Waals surface area (Å²) in [5.41, 5.74) is 0.921. The number of para-hydroxylation sites is 1. The van der Waals surface area contributed by atoms with Gasteiger partial charge >= 0.3 is 5.97 Å². The van der Waals surface area contributed by atoms with Crippen molar-refractivity contribution in [1.82, 2.24) is 4.90 Å². The second-order valence-electron chi connectivity index (χ2n) is 5.44. The highest BCUT2D eigenvalue weighted by Gasteiger charge is 2.39. The standard InChI is InChI=1S/C16H19NO4/c1-20-16(19)13-6-4-9-17(13)15(18)12-8-10-21-14-7-3-2-5-11(12)14/h2-3,5,7,12-13H,4,6,8-10H2,1H3. The number of esters is 1. The zero-order valence-electron chi connectivity index (χ0n) is 12.1. The summed E-state index contributed by atoms with van der Waals surface area (Å²) in [4.78, 5) is 26.4. The van der Waals surface area contributed by atoms with Crippen LogP contribution >= 0.6 is 0 Å². The van der Waals surface area contributed by atoms with Gasteiger partial charge in [-0.15, -0.1) is 0 Å². The molecule has 0 aromatic heterocycles. The van der Waals surface area contributed by atoms with E-state index in [1.165, 1.54) is 7.11 Å². The zero-order valence-corrected chi connectivity index (χ0v) is 12.1. The van der Waals surface area contributed by atoms with Crippen LogP contribution in [0.2, 0.25) is 0 Å². The monoisotopic (exact) mass is 289 g/mol. The van der Waals surface area contributed by atoms with Crippen LogP contribution in [0, 0.1) is 0 Å². The third-order valence-electron chi connectivity index (χ3n) is 4.27. The fraction of sp³-hybridized carbons (Fsp3) is 0.500. The highest BCUT2D eigenvalue weighted by Crippen LogP contribution is 2.36. The third kappa shape index (κ3) is 2.48. The molecule has 112 valence electrons. The number of rotatable bonds is 2. The Labute approximate surface area is 123 Å². The van der Waals surface area contributed by atoms with Gasteiger partial charge in [-0.05, 0) is 25.3 Å². The van der Waals surface area contributed by atoms with Crippen LogP contribution in [-0.4, -0.2) is 43.1 Å². The van der Waals surface area contributed by atoms with Gasteiger partial charge in [-0.3, -0.25) is 4.79 Å². The van der Waals surface area contributed by atoms with Crippen molar-refractivity contribution in [3.8, 4) is 5.75 Å². The second kappa shape index (κ2) is 5.76. The number of methoxy groups -OCH3 is 1. The van der Waals surface area contributed by atoms with Crippen molar-refractivity contribution >= 4 is 11.9 Å². The summed E-state index contributed by atoms with van der Waals surface area (Å²) in [5, 5.41) is 0. The molecule has 2 unspecified atom stereocenters. The Morgan fingerprint density at radius 2 is 2.10 bits per heavy atom. The summed E-state index contributed by atoms with van der Waals surface area (Å²) in [6.45, 7) is 1.16. The van der Waals surface area contributed by atoms with Crippen LogP contribution in [0.4, 0.5) is 0 Å². The lowest BCUT2D eigenvalue weighted by atomic mass is 9.91. The molecule has 2 heterocycles. The molecule has 5 nitrogen and oxygen atoms in total. The molecule has 1 aromatic carbocycles. The third-order valence-corrected chi connectivity index (χ3v) is 4.27. The molecule has 3 rings (SSSR count). The summed E-state index contributed by atoms with van der Waals surface area (Å²) in [5.74, 6) is 0.246. The van der Waals surface area contributed by atoms with Crippen LogP contribution in [-0.2, 0) is 14.3 Å². The molecule has 0 bridgehead atoms. The minimum Gasteiger partial charge on any atom is -0.493 e. The second-order valence-corrected chi connectivity index (χ2v) is 5.44. The van der Waals surface area contributed by atoms with Crippen LogP contribution < -0.4 is 4.74 Å². The number of likely N-dealkylation sites (tertiary alicyclic amines) is 1. The zero-order chi connectivity index (χ0) is 14.8. The number of hydrogen-bond acceptors (Lipinski definition) is 4. The van der Waals surface area contributed by atoms with Crippen LogP contribution in [0.3, 0.4) is 0 Å². The van der Waals surface area contributed by atoms with Crippen LogP contribution in [0.15, 0.2) is 24.3 Å². The predicted octanol–water partition coefficient (Wildman–Crippen LogP) is 1.72. The summed E-state index contributed by atoms with van der Waals surface area (Å²) < 4.78 is 10.4. The first-order valence-electron chi connectivity index (χ1n) is 7.32. The number of carbonyl (C=O) groups excluding carboxylic acids is 2. The quantitative estimate of drug-likeness (QED) is 0.778.